The third kappa shape index (κ3) is 8.94. The number of anilines is 1. The Labute approximate surface area is 244 Å². The van der Waals surface area contributed by atoms with Gasteiger partial charge in [0, 0.05) is 35.1 Å². The highest BCUT2D eigenvalue weighted by Crippen LogP contribution is 2.27. The number of sulfonamides is 1. The van der Waals surface area contributed by atoms with Gasteiger partial charge in [0.2, 0.25) is 21.8 Å². The zero-order chi connectivity index (χ0) is 29.3. The molecule has 0 bridgehead atoms. The second-order valence-electron chi connectivity index (χ2n) is 9.36. The van der Waals surface area contributed by atoms with E-state index in [4.69, 9.17) is 23.2 Å². The maximum Gasteiger partial charge on any atom is 0.244 e. The zero-order valence-corrected chi connectivity index (χ0v) is 24.6. The number of carbonyl (C=O) groups excluding carboxylic acids is 2. The first-order valence-corrected chi connectivity index (χ1v) is 15.4. The summed E-state index contributed by atoms with van der Waals surface area (Å²) < 4.78 is 41.3. The van der Waals surface area contributed by atoms with Crippen LogP contribution in [0, 0.1) is 5.82 Å². The molecular weight excluding hydrogens is 576 g/mol. The summed E-state index contributed by atoms with van der Waals surface area (Å²) in [6, 6.07) is 18.2. The minimum atomic E-state index is -3.99. The van der Waals surface area contributed by atoms with Crippen LogP contribution < -0.4 is 9.62 Å². The van der Waals surface area contributed by atoms with Crippen molar-refractivity contribution in [2.45, 2.75) is 38.8 Å². The summed E-state index contributed by atoms with van der Waals surface area (Å²) in [7, 11) is -3.99. The maximum atomic E-state index is 14.8. The van der Waals surface area contributed by atoms with E-state index >= 15 is 0 Å². The Balaban J connectivity index is 2.06. The number of halogens is 3. The van der Waals surface area contributed by atoms with Crippen LogP contribution in [0.25, 0.3) is 0 Å². The molecule has 0 saturated carbocycles. The smallest absolute Gasteiger partial charge is 0.244 e. The first-order chi connectivity index (χ1) is 19.0. The van der Waals surface area contributed by atoms with Gasteiger partial charge in [-0.2, -0.15) is 0 Å². The highest BCUT2D eigenvalue weighted by atomic mass is 35.5. The van der Waals surface area contributed by atoms with Crippen molar-refractivity contribution >= 4 is 50.7 Å². The van der Waals surface area contributed by atoms with Crippen molar-refractivity contribution in [1.29, 1.82) is 0 Å². The summed E-state index contributed by atoms with van der Waals surface area (Å²) in [5.41, 5.74) is 1.06. The summed E-state index contributed by atoms with van der Waals surface area (Å²) in [6.45, 7) is 1.48. The zero-order valence-electron chi connectivity index (χ0n) is 22.3. The van der Waals surface area contributed by atoms with Crippen LogP contribution in [0.3, 0.4) is 0 Å². The van der Waals surface area contributed by atoms with Crippen LogP contribution in [0.2, 0.25) is 10.0 Å². The van der Waals surface area contributed by atoms with Gasteiger partial charge < -0.3 is 10.2 Å². The number of unbranched alkanes of at least 4 members (excludes halogenated alkanes) is 1. The molecule has 7 nitrogen and oxygen atoms in total. The molecule has 1 N–H and O–H groups in total. The molecule has 0 spiro atoms. The molecular formula is C29H32Cl2FN3O4S. The van der Waals surface area contributed by atoms with Gasteiger partial charge in [0.05, 0.1) is 11.9 Å². The number of nitrogens with zero attached hydrogens (tertiary/aromatic N) is 2. The van der Waals surface area contributed by atoms with Gasteiger partial charge in [0.25, 0.3) is 0 Å². The SMILES string of the molecule is CCCCNC(=O)[C@@H](Cc1ccccc1)N(Cc1ccccc1F)C(=O)CN(c1cc(Cl)cc(Cl)c1)S(C)(=O)=O. The lowest BCUT2D eigenvalue weighted by Crippen LogP contribution is -2.53. The van der Waals surface area contributed by atoms with Crippen LogP contribution in [0.4, 0.5) is 10.1 Å². The van der Waals surface area contributed by atoms with Crippen LogP contribution in [0.15, 0.2) is 72.8 Å². The number of nitrogens with one attached hydrogen (secondary N) is 1. The number of hydrogen-bond donors (Lipinski definition) is 1. The van der Waals surface area contributed by atoms with Gasteiger partial charge in [0.1, 0.15) is 18.4 Å². The number of hydrogen-bond acceptors (Lipinski definition) is 4. The van der Waals surface area contributed by atoms with E-state index in [1.807, 2.05) is 37.3 Å². The van der Waals surface area contributed by atoms with E-state index in [2.05, 4.69) is 5.32 Å². The third-order valence-corrected chi connectivity index (χ3v) is 7.79. The summed E-state index contributed by atoms with van der Waals surface area (Å²) in [5.74, 6) is -1.67. The molecule has 1 atom stereocenters. The Morgan fingerprint density at radius 1 is 0.975 bits per heavy atom. The Morgan fingerprint density at radius 3 is 2.20 bits per heavy atom. The first-order valence-electron chi connectivity index (χ1n) is 12.8. The van der Waals surface area contributed by atoms with E-state index in [1.54, 1.807) is 6.07 Å². The van der Waals surface area contributed by atoms with E-state index in [0.717, 1.165) is 29.0 Å². The van der Waals surface area contributed by atoms with E-state index in [0.29, 0.717) is 6.54 Å². The molecule has 2 amide bonds. The highest BCUT2D eigenvalue weighted by molar-refractivity contribution is 7.92. The van der Waals surface area contributed by atoms with Crippen LogP contribution in [-0.4, -0.2) is 50.5 Å². The lowest BCUT2D eigenvalue weighted by Gasteiger charge is -2.33. The fourth-order valence-corrected chi connectivity index (χ4v) is 5.52. The molecule has 3 rings (SSSR count). The monoisotopic (exact) mass is 607 g/mol. The Morgan fingerprint density at radius 2 is 1.60 bits per heavy atom. The molecule has 0 heterocycles. The van der Waals surface area contributed by atoms with Gasteiger partial charge >= 0.3 is 0 Å². The van der Waals surface area contributed by atoms with Crippen molar-refractivity contribution in [2.75, 3.05) is 23.7 Å². The summed E-state index contributed by atoms with van der Waals surface area (Å²) in [5, 5.41) is 3.25. The average molecular weight is 609 g/mol. The Bertz CT molecular complexity index is 1400. The van der Waals surface area contributed by atoms with Gasteiger partial charge in [-0.05, 0) is 36.2 Å². The van der Waals surface area contributed by atoms with Crippen molar-refractivity contribution in [2.24, 2.45) is 0 Å². The molecule has 0 saturated heterocycles. The molecule has 0 radical (unpaired) electrons. The van der Waals surface area contributed by atoms with Crippen molar-refractivity contribution in [3.05, 3.63) is 99.8 Å². The molecule has 3 aromatic carbocycles. The average Bonchev–Trinajstić information content (AvgIpc) is 2.89. The summed E-state index contributed by atoms with van der Waals surface area (Å²) in [6.07, 6.45) is 2.69. The van der Waals surface area contributed by atoms with E-state index in [-0.39, 0.29) is 34.3 Å². The van der Waals surface area contributed by atoms with Crippen LogP contribution >= 0.6 is 23.2 Å². The summed E-state index contributed by atoms with van der Waals surface area (Å²) in [4.78, 5) is 28.7. The maximum absolute atomic E-state index is 14.8. The van der Waals surface area contributed by atoms with Gasteiger partial charge in [0.15, 0.2) is 0 Å². The minimum absolute atomic E-state index is 0.0891. The Kier molecular flexibility index (Phi) is 11.4. The van der Waals surface area contributed by atoms with Crippen molar-refractivity contribution in [3.8, 4) is 0 Å². The number of benzene rings is 3. The molecule has 0 aliphatic rings. The van der Waals surface area contributed by atoms with Gasteiger partial charge in [-0.1, -0.05) is 85.1 Å². The summed E-state index contributed by atoms with van der Waals surface area (Å²) >= 11 is 12.2. The number of amides is 2. The van der Waals surface area contributed by atoms with Crippen molar-refractivity contribution in [3.63, 3.8) is 0 Å². The molecule has 0 aromatic heterocycles. The lowest BCUT2D eigenvalue weighted by molar-refractivity contribution is -0.140. The first kappa shape index (κ1) is 31.4. The number of carbonyl (C=O) groups is 2. The second-order valence-corrected chi connectivity index (χ2v) is 12.1. The van der Waals surface area contributed by atoms with Crippen LogP contribution in [0.1, 0.15) is 30.9 Å². The van der Waals surface area contributed by atoms with E-state index < -0.39 is 40.2 Å². The van der Waals surface area contributed by atoms with Crippen LogP contribution in [0.5, 0.6) is 0 Å². The minimum Gasteiger partial charge on any atom is -0.354 e. The molecule has 0 unspecified atom stereocenters. The predicted octanol–water partition coefficient (Wildman–Crippen LogP) is 5.45. The lowest BCUT2D eigenvalue weighted by atomic mass is 10.0. The molecule has 11 heteroatoms. The second kappa shape index (κ2) is 14.5. The largest absolute Gasteiger partial charge is 0.354 e. The molecule has 0 aliphatic heterocycles. The van der Waals surface area contributed by atoms with Crippen molar-refractivity contribution < 1.29 is 22.4 Å². The third-order valence-electron chi connectivity index (χ3n) is 6.21. The molecule has 0 aliphatic carbocycles. The Hall–Kier alpha value is -3.14. The molecule has 3 aromatic rings. The van der Waals surface area contributed by atoms with Crippen molar-refractivity contribution in [1.82, 2.24) is 10.2 Å². The van der Waals surface area contributed by atoms with E-state index in [1.165, 1.54) is 41.3 Å². The van der Waals surface area contributed by atoms with Crippen LogP contribution in [-0.2, 0) is 32.6 Å². The molecule has 40 heavy (non-hydrogen) atoms. The number of rotatable bonds is 13. The van der Waals surface area contributed by atoms with Gasteiger partial charge in [-0.15, -0.1) is 0 Å². The highest BCUT2D eigenvalue weighted by Gasteiger charge is 2.33. The normalized spacial score (nSPS) is 12.0. The fourth-order valence-electron chi connectivity index (χ4n) is 4.17. The van der Waals surface area contributed by atoms with E-state index in [9.17, 15) is 22.4 Å². The van der Waals surface area contributed by atoms with Gasteiger partial charge in [-0.3, -0.25) is 13.9 Å². The molecule has 214 valence electrons. The molecule has 0 fully saturated rings. The predicted molar refractivity (Wildman–Crippen MR) is 157 cm³/mol. The topological polar surface area (TPSA) is 86.8 Å². The standard InChI is InChI=1S/C29H32Cl2FN3O4S/c1-3-4-14-33-29(37)27(15-21-10-6-5-7-11-21)34(19-22-12-8-9-13-26(22)32)28(36)20-35(40(2,38)39)25-17-23(30)16-24(31)18-25/h5-13,16-18,27H,3-4,14-15,19-20H2,1-2H3,(H,33,37)/t27-/m1/s1. The fraction of sp³-hybridized carbons (Fsp3) is 0.310. The quantitative estimate of drug-likeness (QED) is 0.262. The van der Waals surface area contributed by atoms with Gasteiger partial charge in [-0.25, -0.2) is 12.8 Å².